The van der Waals surface area contributed by atoms with Crippen LogP contribution in [0, 0.1) is 0 Å². The minimum atomic E-state index is -0.154. The molecule has 52 heavy (non-hydrogen) atoms. The molecule has 0 fully saturated rings. The van der Waals surface area contributed by atoms with Crippen molar-refractivity contribution in [3.05, 3.63) is 187 Å². The summed E-state index contributed by atoms with van der Waals surface area (Å²) in [6.07, 6.45) is 0. The molecule has 0 aliphatic heterocycles. The molecule has 9 rings (SSSR count). The predicted molar refractivity (Wildman–Crippen MR) is 223 cm³/mol. The molecule has 0 bridgehead atoms. The molecule has 0 amide bonds. The minimum absolute atomic E-state index is 0.0546. The van der Waals surface area contributed by atoms with E-state index in [0.717, 1.165) is 17.1 Å². The number of nitrogens with zero attached hydrogens (tertiary/aromatic N) is 1. The first-order valence-electron chi connectivity index (χ1n) is 18.4. The summed E-state index contributed by atoms with van der Waals surface area (Å²) in [4.78, 5) is 2.49. The maximum absolute atomic E-state index is 2.49. The van der Waals surface area contributed by atoms with Gasteiger partial charge in [0.2, 0.25) is 0 Å². The molecule has 252 valence electrons. The molecule has 8 aromatic rings. The molecule has 0 heterocycles. The van der Waals surface area contributed by atoms with E-state index >= 15 is 0 Å². The molecule has 0 atom stereocenters. The molecule has 0 saturated carbocycles. The van der Waals surface area contributed by atoms with Gasteiger partial charge in [0.05, 0.1) is 5.69 Å². The number of benzene rings is 8. The Labute approximate surface area is 307 Å². The summed E-state index contributed by atoms with van der Waals surface area (Å²) < 4.78 is 0. The highest BCUT2D eigenvalue weighted by atomic mass is 15.1. The lowest BCUT2D eigenvalue weighted by molar-refractivity contribution is 0.590. The fourth-order valence-electron chi connectivity index (χ4n) is 8.39. The maximum Gasteiger partial charge on any atom is 0.0546 e. The zero-order valence-electron chi connectivity index (χ0n) is 30.6. The van der Waals surface area contributed by atoms with Crippen molar-refractivity contribution in [1.82, 2.24) is 0 Å². The second kappa shape index (κ2) is 12.1. The van der Waals surface area contributed by atoms with Gasteiger partial charge in [-0.05, 0) is 114 Å². The van der Waals surface area contributed by atoms with Crippen LogP contribution in [0.3, 0.4) is 0 Å². The van der Waals surface area contributed by atoms with Crippen LogP contribution in [0.4, 0.5) is 17.1 Å². The van der Waals surface area contributed by atoms with Crippen molar-refractivity contribution in [2.24, 2.45) is 0 Å². The standard InChI is InChI=1S/C51H43N/c1-50(2,3)38-24-26-39(27-25-38)52(40-28-29-43-45-31-36-18-9-10-19-37(36)32-46(45)51(4,5)47(43)33-40)48-30-23-35-17-11-12-21-42(35)49(48)44-22-14-13-20-41(44)34-15-7-6-8-16-34/h6-33H,1-5H3. The van der Waals surface area contributed by atoms with Gasteiger partial charge in [-0.2, -0.15) is 0 Å². The molecule has 0 saturated heterocycles. The molecular weight excluding hydrogens is 627 g/mol. The van der Waals surface area contributed by atoms with Gasteiger partial charge in [-0.3, -0.25) is 0 Å². The maximum atomic E-state index is 2.49. The van der Waals surface area contributed by atoms with Gasteiger partial charge in [0.25, 0.3) is 0 Å². The number of fused-ring (bicyclic) bond motifs is 5. The van der Waals surface area contributed by atoms with Crippen molar-refractivity contribution in [3.63, 3.8) is 0 Å². The quantitative estimate of drug-likeness (QED) is 0.176. The molecule has 0 N–H and O–H groups in total. The second-order valence-electron chi connectivity index (χ2n) is 15.8. The average molecular weight is 670 g/mol. The van der Waals surface area contributed by atoms with Crippen LogP contribution in [0.15, 0.2) is 170 Å². The average Bonchev–Trinajstić information content (AvgIpc) is 3.38. The van der Waals surface area contributed by atoms with Gasteiger partial charge < -0.3 is 4.90 Å². The first-order chi connectivity index (χ1) is 25.2. The summed E-state index contributed by atoms with van der Waals surface area (Å²) in [6.45, 7) is 11.6. The first-order valence-corrected chi connectivity index (χ1v) is 18.4. The van der Waals surface area contributed by atoms with Crippen LogP contribution in [0.5, 0.6) is 0 Å². The lowest BCUT2D eigenvalue weighted by atomic mass is 9.81. The monoisotopic (exact) mass is 669 g/mol. The second-order valence-corrected chi connectivity index (χ2v) is 15.8. The summed E-state index contributed by atoms with van der Waals surface area (Å²) >= 11 is 0. The Bertz CT molecular complexity index is 2620. The Morgan fingerprint density at radius 2 is 1.04 bits per heavy atom. The SMILES string of the molecule is CC(C)(C)c1ccc(N(c2ccc3c(c2)C(C)(C)c2cc4ccccc4cc2-3)c2ccc3ccccc3c2-c2ccccc2-c2ccccc2)cc1. The van der Waals surface area contributed by atoms with E-state index in [1.54, 1.807) is 0 Å². The van der Waals surface area contributed by atoms with Crippen LogP contribution >= 0.6 is 0 Å². The lowest BCUT2D eigenvalue weighted by Gasteiger charge is -2.31. The lowest BCUT2D eigenvalue weighted by Crippen LogP contribution is -2.17. The third kappa shape index (κ3) is 5.23. The summed E-state index contributed by atoms with van der Waals surface area (Å²) in [5.41, 5.74) is 15.0. The number of rotatable bonds is 5. The molecule has 1 aliphatic carbocycles. The van der Waals surface area contributed by atoms with Crippen molar-refractivity contribution < 1.29 is 0 Å². The molecule has 0 radical (unpaired) electrons. The van der Waals surface area contributed by atoms with Gasteiger partial charge in [0, 0.05) is 22.4 Å². The fraction of sp³-hybridized carbons (Fsp3) is 0.137. The van der Waals surface area contributed by atoms with Gasteiger partial charge in [-0.15, -0.1) is 0 Å². The van der Waals surface area contributed by atoms with E-state index in [0.29, 0.717) is 0 Å². The normalized spacial score (nSPS) is 13.2. The Balaban J connectivity index is 1.31. The molecule has 1 heteroatoms. The zero-order valence-corrected chi connectivity index (χ0v) is 30.6. The number of hydrogen-bond donors (Lipinski definition) is 0. The zero-order chi connectivity index (χ0) is 35.6. The Morgan fingerprint density at radius 3 is 1.77 bits per heavy atom. The summed E-state index contributed by atoms with van der Waals surface area (Å²) in [5.74, 6) is 0. The van der Waals surface area contributed by atoms with Crippen LogP contribution in [0.2, 0.25) is 0 Å². The van der Waals surface area contributed by atoms with Crippen molar-refractivity contribution in [3.8, 4) is 33.4 Å². The predicted octanol–water partition coefficient (Wildman–Crippen LogP) is 14.4. The third-order valence-electron chi connectivity index (χ3n) is 11.2. The highest BCUT2D eigenvalue weighted by molar-refractivity contribution is 6.08. The smallest absolute Gasteiger partial charge is 0.0546 e. The van der Waals surface area contributed by atoms with Crippen molar-refractivity contribution in [2.75, 3.05) is 4.90 Å². The summed E-state index contributed by atoms with van der Waals surface area (Å²) in [6, 6.07) is 63.0. The van der Waals surface area contributed by atoms with Crippen LogP contribution in [-0.4, -0.2) is 0 Å². The largest absolute Gasteiger partial charge is 0.310 e. The van der Waals surface area contributed by atoms with Gasteiger partial charge >= 0.3 is 0 Å². The van der Waals surface area contributed by atoms with Gasteiger partial charge in [-0.1, -0.05) is 162 Å². The topological polar surface area (TPSA) is 3.24 Å². The van der Waals surface area contributed by atoms with E-state index in [1.807, 2.05) is 0 Å². The molecule has 8 aromatic carbocycles. The van der Waals surface area contributed by atoms with E-state index in [1.165, 1.54) is 71.6 Å². The van der Waals surface area contributed by atoms with E-state index in [4.69, 9.17) is 0 Å². The Morgan fingerprint density at radius 1 is 0.442 bits per heavy atom. The molecule has 1 nitrogen and oxygen atoms in total. The highest BCUT2D eigenvalue weighted by Crippen LogP contribution is 2.53. The van der Waals surface area contributed by atoms with Crippen LogP contribution in [0.1, 0.15) is 51.3 Å². The third-order valence-corrected chi connectivity index (χ3v) is 11.2. The molecule has 0 aromatic heterocycles. The van der Waals surface area contributed by atoms with E-state index in [2.05, 4.69) is 209 Å². The highest BCUT2D eigenvalue weighted by Gasteiger charge is 2.36. The number of anilines is 3. The molecular formula is C51H43N. The Kier molecular flexibility index (Phi) is 7.45. The van der Waals surface area contributed by atoms with E-state index in [-0.39, 0.29) is 10.8 Å². The molecule has 0 unspecified atom stereocenters. The molecule has 1 aliphatic rings. The molecule has 0 spiro atoms. The van der Waals surface area contributed by atoms with Gasteiger partial charge in [0.15, 0.2) is 0 Å². The van der Waals surface area contributed by atoms with Crippen molar-refractivity contribution in [2.45, 2.75) is 45.4 Å². The first kappa shape index (κ1) is 32.0. The van der Waals surface area contributed by atoms with Gasteiger partial charge in [-0.25, -0.2) is 0 Å². The van der Waals surface area contributed by atoms with Crippen LogP contribution in [0.25, 0.3) is 54.9 Å². The van der Waals surface area contributed by atoms with Gasteiger partial charge in [0.1, 0.15) is 0 Å². The fourth-order valence-corrected chi connectivity index (χ4v) is 8.39. The van der Waals surface area contributed by atoms with E-state index in [9.17, 15) is 0 Å². The Hall–Kier alpha value is -5.92. The van der Waals surface area contributed by atoms with Crippen molar-refractivity contribution >= 4 is 38.6 Å². The minimum Gasteiger partial charge on any atom is -0.310 e. The van der Waals surface area contributed by atoms with E-state index < -0.39 is 0 Å². The van der Waals surface area contributed by atoms with Crippen molar-refractivity contribution in [1.29, 1.82) is 0 Å². The summed E-state index contributed by atoms with van der Waals surface area (Å²) in [7, 11) is 0. The van der Waals surface area contributed by atoms with Crippen LogP contribution < -0.4 is 4.90 Å². The number of hydrogen-bond acceptors (Lipinski definition) is 1. The summed E-state index contributed by atoms with van der Waals surface area (Å²) in [5, 5.41) is 5.04. The van der Waals surface area contributed by atoms with Crippen LogP contribution in [-0.2, 0) is 10.8 Å².